The van der Waals surface area contributed by atoms with Gasteiger partial charge in [0, 0.05) is 103 Å². The molecular formula is C39H41N6S3W3-3. The van der Waals surface area contributed by atoms with Gasteiger partial charge in [0.25, 0.3) is 0 Å². The van der Waals surface area contributed by atoms with Gasteiger partial charge in [0.05, 0.1) is 0 Å². The molecule has 4 atom stereocenters. The van der Waals surface area contributed by atoms with Crippen molar-refractivity contribution in [2.75, 3.05) is 20.0 Å². The van der Waals surface area contributed by atoms with Gasteiger partial charge in [0.2, 0.25) is 0 Å². The summed E-state index contributed by atoms with van der Waals surface area (Å²) in [5, 5.41) is 16.0. The smallest absolute Gasteiger partial charge is 0.115 e. The molecule has 6 heterocycles. The first-order chi connectivity index (χ1) is 23.3. The van der Waals surface area contributed by atoms with Crippen LogP contribution in [-0.2, 0) is 63.2 Å². The Morgan fingerprint density at radius 2 is 1.00 bits per heavy atom. The zero-order chi connectivity index (χ0) is 33.4. The van der Waals surface area contributed by atoms with E-state index in [9.17, 15) is 0 Å². The van der Waals surface area contributed by atoms with Crippen LogP contribution in [-0.4, -0.2) is 44.2 Å². The van der Waals surface area contributed by atoms with E-state index in [0.29, 0.717) is 30.8 Å². The standard InChI is InChI=1S/2C13H15N2S.C13H11N2S.3W/c3*1-8-3-5-10(11-6-4-9(2)16-11)13-12(8)14-7-15-13;;;/h2*4-6,12-15H,7H2,1-2H3;4-6H,7H2,1-2H3;;;/q3*-1;;;. The van der Waals surface area contributed by atoms with Crippen molar-refractivity contribution in [1.29, 1.82) is 0 Å². The fourth-order valence-electron chi connectivity index (χ4n) is 6.70. The van der Waals surface area contributed by atoms with E-state index in [1.807, 2.05) is 35.7 Å². The van der Waals surface area contributed by atoms with Crippen molar-refractivity contribution in [3.63, 3.8) is 0 Å². The number of fused-ring (bicyclic) bond motifs is 3. The molecule has 9 rings (SSSR count). The third-order valence-electron chi connectivity index (χ3n) is 9.25. The van der Waals surface area contributed by atoms with Crippen LogP contribution < -0.4 is 32.0 Å². The van der Waals surface area contributed by atoms with Gasteiger partial charge in [-0.1, -0.05) is 44.5 Å². The largest absolute Gasteiger partial charge is 0.325 e. The first-order valence-corrected chi connectivity index (χ1v) is 18.9. The van der Waals surface area contributed by atoms with Gasteiger partial charge in [-0.2, -0.15) is 57.3 Å². The summed E-state index contributed by atoms with van der Waals surface area (Å²) in [5.41, 5.74) is 7.60. The Kier molecular flexibility index (Phi) is 15.8. The Balaban J connectivity index is 0.000000167. The van der Waals surface area contributed by atoms with Crippen molar-refractivity contribution < 1.29 is 63.2 Å². The molecule has 0 bridgehead atoms. The van der Waals surface area contributed by atoms with Crippen LogP contribution in [0, 0.1) is 45.9 Å². The number of nitrogens with zero attached hydrogens (tertiary/aromatic N) is 2. The second-order valence-corrected chi connectivity index (χ2v) is 16.5. The van der Waals surface area contributed by atoms with Gasteiger partial charge in [-0.15, -0.1) is 16.7 Å². The second-order valence-electron chi connectivity index (χ2n) is 12.6. The Morgan fingerprint density at radius 1 is 0.569 bits per heavy atom. The van der Waals surface area contributed by atoms with Gasteiger partial charge in [-0.3, -0.25) is 15.6 Å². The van der Waals surface area contributed by atoms with Gasteiger partial charge >= 0.3 is 0 Å². The third-order valence-corrected chi connectivity index (χ3v) is 12.4. The second kappa shape index (κ2) is 18.9. The zero-order valence-electron chi connectivity index (χ0n) is 29.5. The van der Waals surface area contributed by atoms with E-state index < -0.39 is 0 Å². The Labute approximate surface area is 357 Å². The minimum absolute atomic E-state index is 0. The third kappa shape index (κ3) is 9.36. The molecule has 0 spiro atoms. The quantitative estimate of drug-likeness (QED) is 0.184. The zero-order valence-corrected chi connectivity index (χ0v) is 40.7. The molecule has 0 amide bonds. The predicted octanol–water partition coefficient (Wildman–Crippen LogP) is 6.22. The van der Waals surface area contributed by atoms with E-state index in [-0.39, 0.29) is 63.2 Å². The minimum atomic E-state index is 0. The first kappa shape index (κ1) is 42.5. The van der Waals surface area contributed by atoms with Crippen LogP contribution in [0.2, 0.25) is 0 Å². The number of hydrogen-bond donors (Lipinski definition) is 4. The Morgan fingerprint density at radius 3 is 1.45 bits per heavy atom. The molecule has 0 saturated carbocycles. The van der Waals surface area contributed by atoms with E-state index in [0.717, 1.165) is 29.6 Å². The van der Waals surface area contributed by atoms with E-state index in [1.54, 1.807) is 11.3 Å². The monoisotopic (exact) mass is 1240 g/mol. The van der Waals surface area contributed by atoms with Gasteiger partial charge < -0.3 is 15.6 Å². The van der Waals surface area contributed by atoms with Crippen molar-refractivity contribution in [1.82, 2.24) is 21.3 Å². The molecule has 0 radical (unpaired) electrons. The van der Waals surface area contributed by atoms with Gasteiger partial charge in [0.15, 0.2) is 0 Å². The molecule has 266 valence electrons. The van der Waals surface area contributed by atoms with Crippen molar-refractivity contribution in [3.05, 3.63) is 125 Å². The van der Waals surface area contributed by atoms with Crippen LogP contribution in [0.3, 0.4) is 0 Å². The SMILES string of the molecule is CC1=[C-]C=C(c2ccc(C)s2)C2NCNC12.CC1=[C-]C=C(c2ccc(C)s2)C2NCNC12.Cc1ccc(-c2c[c-]c(C)c3c2=NCN=3)s1.[W].[W].[W]. The number of nitrogens with one attached hydrogen (secondary N) is 4. The molecule has 2 saturated heterocycles. The number of rotatable bonds is 3. The van der Waals surface area contributed by atoms with Crippen LogP contribution >= 0.6 is 34.0 Å². The molecule has 3 aliphatic heterocycles. The van der Waals surface area contributed by atoms with E-state index in [4.69, 9.17) is 0 Å². The van der Waals surface area contributed by atoms with Crippen molar-refractivity contribution in [2.45, 2.75) is 65.7 Å². The molecule has 4 N–H and O–H groups in total. The number of thiophene rings is 3. The molecular weight excluding hydrogens is 1200 g/mol. The van der Waals surface area contributed by atoms with E-state index >= 15 is 0 Å². The van der Waals surface area contributed by atoms with Crippen molar-refractivity contribution in [2.24, 2.45) is 9.98 Å². The molecule has 12 heteroatoms. The van der Waals surface area contributed by atoms with Crippen molar-refractivity contribution >= 4 is 45.2 Å². The maximum absolute atomic E-state index is 4.47. The number of aryl methyl sites for hydroxylation is 4. The predicted molar refractivity (Wildman–Crippen MR) is 202 cm³/mol. The summed E-state index contributed by atoms with van der Waals surface area (Å²) in [6, 6.07) is 20.0. The van der Waals surface area contributed by atoms with Crippen LogP contribution in [0.5, 0.6) is 0 Å². The van der Waals surface area contributed by atoms with Crippen LogP contribution in [0.15, 0.2) is 75.7 Å². The normalized spacial score (nSPS) is 22.1. The molecule has 1 aromatic carbocycles. The Bertz CT molecular complexity index is 2000. The summed E-state index contributed by atoms with van der Waals surface area (Å²) in [6.07, 6.45) is 11.0. The molecule has 3 aromatic heterocycles. The van der Waals surface area contributed by atoms with E-state index in [1.165, 1.54) is 57.1 Å². The van der Waals surface area contributed by atoms with Crippen LogP contribution in [0.1, 0.15) is 43.8 Å². The summed E-state index contributed by atoms with van der Waals surface area (Å²) in [6.45, 7) is 15.1. The fraction of sp³-hybridized carbons (Fsp3) is 0.333. The Hall–Kier alpha value is -1.22. The number of benzene rings is 1. The molecule has 2 aliphatic carbocycles. The summed E-state index contributed by atoms with van der Waals surface area (Å²) in [7, 11) is 0. The van der Waals surface area contributed by atoms with E-state index in [2.05, 4.69) is 133 Å². The van der Waals surface area contributed by atoms with Gasteiger partial charge in [-0.25, -0.2) is 24.3 Å². The van der Waals surface area contributed by atoms with Crippen LogP contribution in [0.25, 0.3) is 21.6 Å². The molecule has 4 aromatic rings. The maximum atomic E-state index is 4.47. The minimum Gasteiger partial charge on any atom is -0.325 e. The van der Waals surface area contributed by atoms with Crippen LogP contribution in [0.4, 0.5) is 0 Å². The fourth-order valence-corrected chi connectivity index (χ4v) is 9.43. The average molecular weight is 1240 g/mol. The van der Waals surface area contributed by atoms with Gasteiger partial charge in [0.1, 0.15) is 6.67 Å². The summed E-state index contributed by atoms with van der Waals surface area (Å²) < 4.78 is 0. The molecule has 5 aliphatic rings. The molecule has 4 unspecified atom stereocenters. The van der Waals surface area contributed by atoms with Crippen molar-refractivity contribution in [3.8, 4) is 10.4 Å². The average Bonchev–Trinajstić information content (AvgIpc) is 3.91. The summed E-state index contributed by atoms with van der Waals surface area (Å²) in [5.74, 6) is 0. The maximum Gasteiger partial charge on any atom is 0.115 e. The summed E-state index contributed by atoms with van der Waals surface area (Å²) >= 11 is 5.51. The number of hydrogen-bond acceptors (Lipinski definition) is 9. The van der Waals surface area contributed by atoms with Gasteiger partial charge in [-0.05, 0) is 76.4 Å². The molecule has 6 nitrogen and oxygen atoms in total. The molecule has 51 heavy (non-hydrogen) atoms. The number of allylic oxidation sites excluding steroid dienone is 4. The topological polar surface area (TPSA) is 72.8 Å². The molecule has 2 fully saturated rings. The summed E-state index contributed by atoms with van der Waals surface area (Å²) in [4.78, 5) is 16.9. The first-order valence-electron chi connectivity index (χ1n) is 16.4.